The maximum Gasteiger partial charge on any atom is 0.0695 e. The van der Waals surface area contributed by atoms with Gasteiger partial charge >= 0.3 is 0 Å². The maximum atomic E-state index is 4.18. The Bertz CT molecular complexity index is 530. The van der Waals surface area contributed by atoms with Gasteiger partial charge in [0.1, 0.15) is 0 Å². The van der Waals surface area contributed by atoms with Gasteiger partial charge in [-0.05, 0) is 25.5 Å². The van der Waals surface area contributed by atoms with Crippen molar-refractivity contribution in [1.82, 2.24) is 20.4 Å². The number of hydrogen-bond acceptors (Lipinski definition) is 3. The van der Waals surface area contributed by atoms with Crippen molar-refractivity contribution in [3.63, 3.8) is 0 Å². The molecule has 106 valence electrons. The number of aromatic nitrogens is 2. The average Bonchev–Trinajstić information content (AvgIpc) is 3.23. The zero-order valence-corrected chi connectivity index (χ0v) is 12.0. The molecule has 20 heavy (non-hydrogen) atoms. The summed E-state index contributed by atoms with van der Waals surface area (Å²) in [5, 5.41) is 10.8. The summed E-state index contributed by atoms with van der Waals surface area (Å²) < 4.78 is 0. The van der Waals surface area contributed by atoms with Crippen LogP contribution in [0.2, 0.25) is 0 Å². The topological polar surface area (TPSA) is 44.0 Å². The highest BCUT2D eigenvalue weighted by molar-refractivity contribution is 5.62. The molecule has 4 heteroatoms. The minimum Gasteiger partial charge on any atom is -0.311 e. The summed E-state index contributed by atoms with van der Waals surface area (Å²) in [6, 6.07) is 11.2. The van der Waals surface area contributed by atoms with E-state index in [0.29, 0.717) is 0 Å². The first-order valence-electron chi connectivity index (χ1n) is 7.33. The highest BCUT2D eigenvalue weighted by Gasteiger charge is 2.25. The van der Waals surface area contributed by atoms with E-state index in [4.69, 9.17) is 0 Å². The highest BCUT2D eigenvalue weighted by atomic mass is 15.2. The van der Waals surface area contributed by atoms with Gasteiger partial charge in [0.25, 0.3) is 0 Å². The van der Waals surface area contributed by atoms with Crippen LogP contribution in [0.1, 0.15) is 18.4 Å². The minimum atomic E-state index is 0.839. The maximum absolute atomic E-state index is 4.18. The molecule has 4 nitrogen and oxygen atoms in total. The van der Waals surface area contributed by atoms with E-state index in [0.717, 1.165) is 31.4 Å². The van der Waals surface area contributed by atoms with Gasteiger partial charge in [-0.25, -0.2) is 0 Å². The molecule has 0 unspecified atom stereocenters. The van der Waals surface area contributed by atoms with E-state index >= 15 is 0 Å². The summed E-state index contributed by atoms with van der Waals surface area (Å²) in [6.07, 6.45) is 4.66. The third-order valence-corrected chi connectivity index (χ3v) is 3.91. The first-order chi connectivity index (χ1) is 9.84. The van der Waals surface area contributed by atoms with Gasteiger partial charge in [-0.2, -0.15) is 5.10 Å². The second kappa shape index (κ2) is 6.20. The van der Waals surface area contributed by atoms with E-state index in [1.807, 2.05) is 12.3 Å². The Labute approximate surface area is 120 Å². The summed E-state index contributed by atoms with van der Waals surface area (Å²) >= 11 is 0. The lowest BCUT2D eigenvalue weighted by Crippen LogP contribution is -2.30. The lowest BCUT2D eigenvalue weighted by molar-refractivity contribution is 0.321. The first-order valence-corrected chi connectivity index (χ1v) is 7.33. The summed E-state index contributed by atoms with van der Waals surface area (Å²) in [5.41, 5.74) is 3.54. The molecular formula is C16H22N4. The predicted molar refractivity (Wildman–Crippen MR) is 81.4 cm³/mol. The SMILES string of the molecule is CN(CCNCc1cn[nH]c1-c1ccccc1)C1CC1. The van der Waals surface area contributed by atoms with Gasteiger partial charge in [0.15, 0.2) is 0 Å². The van der Waals surface area contributed by atoms with Crippen molar-refractivity contribution in [2.45, 2.75) is 25.4 Å². The fourth-order valence-corrected chi connectivity index (χ4v) is 2.48. The molecule has 1 aromatic carbocycles. The molecule has 0 spiro atoms. The quantitative estimate of drug-likeness (QED) is 0.759. The van der Waals surface area contributed by atoms with E-state index in [1.54, 1.807) is 0 Å². The Morgan fingerprint density at radius 1 is 1.30 bits per heavy atom. The van der Waals surface area contributed by atoms with E-state index in [9.17, 15) is 0 Å². The lowest BCUT2D eigenvalue weighted by Gasteiger charge is -2.15. The smallest absolute Gasteiger partial charge is 0.0695 e. The van der Waals surface area contributed by atoms with Crippen LogP contribution in [0.4, 0.5) is 0 Å². The normalized spacial score (nSPS) is 14.9. The molecule has 1 fully saturated rings. The zero-order chi connectivity index (χ0) is 13.8. The molecule has 0 bridgehead atoms. The fraction of sp³-hybridized carbons (Fsp3) is 0.438. The van der Waals surface area contributed by atoms with E-state index in [1.165, 1.54) is 24.0 Å². The van der Waals surface area contributed by atoms with Crippen molar-refractivity contribution in [3.8, 4) is 11.3 Å². The summed E-state index contributed by atoms with van der Waals surface area (Å²) in [7, 11) is 2.21. The molecule has 1 aromatic heterocycles. The monoisotopic (exact) mass is 270 g/mol. The minimum absolute atomic E-state index is 0.839. The third kappa shape index (κ3) is 3.26. The second-order valence-electron chi connectivity index (χ2n) is 5.52. The molecule has 1 heterocycles. The Hall–Kier alpha value is -1.65. The number of rotatable bonds is 7. The number of benzene rings is 1. The van der Waals surface area contributed by atoms with Gasteiger partial charge in [0, 0.05) is 31.2 Å². The van der Waals surface area contributed by atoms with Crippen molar-refractivity contribution < 1.29 is 0 Å². The van der Waals surface area contributed by atoms with Crippen LogP contribution in [-0.4, -0.2) is 41.3 Å². The molecule has 2 N–H and O–H groups in total. The van der Waals surface area contributed by atoms with Crippen LogP contribution in [0, 0.1) is 0 Å². The largest absolute Gasteiger partial charge is 0.311 e. The number of nitrogens with one attached hydrogen (secondary N) is 2. The number of likely N-dealkylation sites (N-methyl/N-ethyl adjacent to an activating group) is 1. The van der Waals surface area contributed by atoms with Crippen molar-refractivity contribution in [2.24, 2.45) is 0 Å². The molecular weight excluding hydrogens is 248 g/mol. The van der Waals surface area contributed by atoms with Crippen LogP contribution in [0.25, 0.3) is 11.3 Å². The fourth-order valence-electron chi connectivity index (χ4n) is 2.48. The molecule has 0 aliphatic heterocycles. The van der Waals surface area contributed by atoms with Crippen LogP contribution < -0.4 is 5.32 Å². The Morgan fingerprint density at radius 3 is 2.85 bits per heavy atom. The van der Waals surface area contributed by atoms with Crippen molar-refractivity contribution in [3.05, 3.63) is 42.1 Å². The van der Waals surface area contributed by atoms with E-state index in [2.05, 4.69) is 51.7 Å². The number of aromatic amines is 1. The van der Waals surface area contributed by atoms with Gasteiger partial charge in [0.2, 0.25) is 0 Å². The lowest BCUT2D eigenvalue weighted by atomic mass is 10.1. The van der Waals surface area contributed by atoms with Crippen LogP contribution in [0.15, 0.2) is 36.5 Å². The molecule has 1 aliphatic carbocycles. The van der Waals surface area contributed by atoms with Gasteiger partial charge in [-0.15, -0.1) is 0 Å². The van der Waals surface area contributed by atoms with Gasteiger partial charge in [0.05, 0.1) is 11.9 Å². The molecule has 3 rings (SSSR count). The number of H-pyrrole nitrogens is 1. The highest BCUT2D eigenvalue weighted by Crippen LogP contribution is 2.24. The summed E-state index contributed by atoms with van der Waals surface area (Å²) in [5.74, 6) is 0. The molecule has 0 atom stereocenters. The molecule has 2 aromatic rings. The predicted octanol–water partition coefficient (Wildman–Crippen LogP) is 2.26. The third-order valence-electron chi connectivity index (χ3n) is 3.91. The summed E-state index contributed by atoms with van der Waals surface area (Å²) in [4.78, 5) is 2.44. The van der Waals surface area contributed by atoms with Crippen LogP contribution >= 0.6 is 0 Å². The van der Waals surface area contributed by atoms with Gasteiger partial charge in [-0.3, -0.25) is 5.10 Å². The number of nitrogens with zero attached hydrogens (tertiary/aromatic N) is 2. The van der Waals surface area contributed by atoms with Gasteiger partial charge < -0.3 is 10.2 Å². The van der Waals surface area contributed by atoms with Crippen LogP contribution in [0.3, 0.4) is 0 Å². The molecule has 0 amide bonds. The Kier molecular flexibility index (Phi) is 4.14. The van der Waals surface area contributed by atoms with Gasteiger partial charge in [-0.1, -0.05) is 30.3 Å². The number of hydrogen-bond donors (Lipinski definition) is 2. The van der Waals surface area contributed by atoms with E-state index < -0.39 is 0 Å². The average molecular weight is 270 g/mol. The van der Waals surface area contributed by atoms with E-state index in [-0.39, 0.29) is 0 Å². The Morgan fingerprint density at radius 2 is 2.10 bits per heavy atom. The Balaban J connectivity index is 1.52. The molecule has 1 aliphatic rings. The van der Waals surface area contributed by atoms with Crippen molar-refractivity contribution in [2.75, 3.05) is 20.1 Å². The summed E-state index contributed by atoms with van der Waals surface area (Å²) in [6.45, 7) is 2.99. The van der Waals surface area contributed by atoms with Crippen LogP contribution in [-0.2, 0) is 6.54 Å². The zero-order valence-electron chi connectivity index (χ0n) is 12.0. The van der Waals surface area contributed by atoms with Crippen molar-refractivity contribution in [1.29, 1.82) is 0 Å². The molecule has 0 saturated heterocycles. The van der Waals surface area contributed by atoms with Crippen LogP contribution in [0.5, 0.6) is 0 Å². The molecule has 0 radical (unpaired) electrons. The molecule has 1 saturated carbocycles. The second-order valence-corrected chi connectivity index (χ2v) is 5.52. The first kappa shape index (κ1) is 13.3. The van der Waals surface area contributed by atoms with Crippen molar-refractivity contribution >= 4 is 0 Å². The standard InChI is InChI=1S/C16H22N4/c1-20(15-7-8-15)10-9-17-11-14-12-18-19-16(14)13-5-3-2-4-6-13/h2-6,12,15,17H,7-11H2,1H3,(H,18,19).